The molecule has 1 saturated carbocycles. The monoisotopic (exact) mass is 184 g/mol. The van der Waals surface area contributed by atoms with Gasteiger partial charge in [-0.1, -0.05) is 0 Å². The average molecular weight is 184 g/mol. The maximum Gasteiger partial charge on any atom is 0.248 e. The molecule has 1 aliphatic carbocycles. The van der Waals surface area contributed by atoms with Crippen molar-refractivity contribution in [2.75, 3.05) is 20.8 Å². The smallest absolute Gasteiger partial charge is 0.248 e. The van der Waals surface area contributed by atoms with Gasteiger partial charge in [0.05, 0.1) is 0 Å². The lowest BCUT2D eigenvalue weighted by molar-refractivity contribution is -0.136. The number of ether oxygens (including phenoxy) is 1. The molecule has 1 radical (unpaired) electrons. The van der Waals surface area contributed by atoms with Gasteiger partial charge in [0.25, 0.3) is 0 Å². The molecular formula is C10H18NO2. The van der Waals surface area contributed by atoms with E-state index in [4.69, 9.17) is 4.74 Å². The minimum atomic E-state index is 0.0920. The van der Waals surface area contributed by atoms with E-state index >= 15 is 0 Å². The number of nitrogens with zero attached hydrogens (tertiary/aromatic N) is 1. The normalized spacial score (nSPS) is 18.6. The highest BCUT2D eigenvalue weighted by molar-refractivity contribution is 5.77. The predicted octanol–water partition coefficient (Wildman–Crippen LogP) is 1.24. The highest BCUT2D eigenvalue weighted by Gasteiger charge is 2.21. The number of rotatable bonds is 3. The fourth-order valence-electron chi connectivity index (χ4n) is 1.73. The number of likely N-dealkylation sites (N-methyl/N-ethyl adjacent to an activating group) is 1. The average Bonchev–Trinajstić information content (AvgIpc) is 2.18. The van der Waals surface area contributed by atoms with Crippen LogP contribution in [0.2, 0.25) is 0 Å². The molecule has 0 N–H and O–H groups in total. The van der Waals surface area contributed by atoms with E-state index in [2.05, 4.69) is 6.42 Å². The Hall–Kier alpha value is -0.570. The fraction of sp³-hybridized carbons (Fsp3) is 0.800. The summed E-state index contributed by atoms with van der Waals surface area (Å²) in [4.78, 5) is 13.3. The Morgan fingerprint density at radius 1 is 1.54 bits per heavy atom. The van der Waals surface area contributed by atoms with Crippen molar-refractivity contribution < 1.29 is 9.53 Å². The molecule has 0 aromatic carbocycles. The van der Waals surface area contributed by atoms with Crippen molar-refractivity contribution in [3.63, 3.8) is 0 Å². The summed E-state index contributed by atoms with van der Waals surface area (Å²) >= 11 is 0. The maximum absolute atomic E-state index is 11.4. The van der Waals surface area contributed by atoms with Crippen LogP contribution in [0.25, 0.3) is 0 Å². The standard InChI is InChI=1S/C10H18NO2/c1-11(10(12)8-13-2)9-6-4-3-5-7-9/h3,9H,4-8H2,1-2H3. The van der Waals surface area contributed by atoms with Gasteiger partial charge in [-0.3, -0.25) is 4.79 Å². The van der Waals surface area contributed by atoms with E-state index in [1.165, 1.54) is 0 Å². The molecule has 1 amide bonds. The molecule has 0 bridgehead atoms. The molecule has 13 heavy (non-hydrogen) atoms. The van der Waals surface area contributed by atoms with E-state index in [9.17, 15) is 4.79 Å². The van der Waals surface area contributed by atoms with Crippen LogP contribution in [-0.4, -0.2) is 37.6 Å². The van der Waals surface area contributed by atoms with Crippen molar-refractivity contribution in [2.45, 2.75) is 31.7 Å². The van der Waals surface area contributed by atoms with Gasteiger partial charge >= 0.3 is 0 Å². The predicted molar refractivity (Wildman–Crippen MR) is 51.2 cm³/mol. The van der Waals surface area contributed by atoms with E-state index in [1.807, 2.05) is 11.9 Å². The van der Waals surface area contributed by atoms with Gasteiger partial charge in [0.15, 0.2) is 0 Å². The van der Waals surface area contributed by atoms with Crippen LogP contribution in [0.3, 0.4) is 0 Å². The van der Waals surface area contributed by atoms with Gasteiger partial charge in [-0.25, -0.2) is 0 Å². The van der Waals surface area contributed by atoms with Crippen LogP contribution in [0.15, 0.2) is 0 Å². The summed E-state index contributed by atoms with van der Waals surface area (Å²) in [5.41, 5.74) is 0. The van der Waals surface area contributed by atoms with Gasteiger partial charge < -0.3 is 9.64 Å². The molecule has 75 valence electrons. The first kappa shape index (κ1) is 10.5. The quantitative estimate of drug-likeness (QED) is 0.660. The van der Waals surface area contributed by atoms with Gasteiger partial charge in [-0.05, 0) is 32.1 Å². The van der Waals surface area contributed by atoms with Gasteiger partial charge in [0.2, 0.25) is 5.91 Å². The number of carbonyl (C=O) groups excluding carboxylic acids is 1. The van der Waals surface area contributed by atoms with E-state index in [-0.39, 0.29) is 12.5 Å². The summed E-state index contributed by atoms with van der Waals surface area (Å²) in [5.74, 6) is 0.0920. The first-order valence-electron chi connectivity index (χ1n) is 4.82. The summed E-state index contributed by atoms with van der Waals surface area (Å²) in [5, 5.41) is 0. The van der Waals surface area contributed by atoms with Crippen LogP contribution in [0.5, 0.6) is 0 Å². The molecule has 0 spiro atoms. The van der Waals surface area contributed by atoms with Gasteiger partial charge in [-0.15, -0.1) is 0 Å². The Balaban J connectivity index is 2.35. The molecule has 1 fully saturated rings. The van der Waals surface area contributed by atoms with Crippen molar-refractivity contribution in [2.24, 2.45) is 0 Å². The Morgan fingerprint density at radius 2 is 2.15 bits per heavy atom. The third-order valence-electron chi connectivity index (χ3n) is 2.62. The van der Waals surface area contributed by atoms with Gasteiger partial charge in [-0.2, -0.15) is 0 Å². The molecule has 1 rings (SSSR count). The summed E-state index contributed by atoms with van der Waals surface area (Å²) in [6.07, 6.45) is 6.77. The summed E-state index contributed by atoms with van der Waals surface area (Å²) in [7, 11) is 3.43. The van der Waals surface area contributed by atoms with Gasteiger partial charge in [0, 0.05) is 20.2 Å². The molecule has 0 aliphatic heterocycles. The number of carbonyl (C=O) groups is 1. The Morgan fingerprint density at radius 3 is 2.69 bits per heavy atom. The zero-order chi connectivity index (χ0) is 9.68. The van der Waals surface area contributed by atoms with E-state index in [1.54, 1.807) is 7.11 Å². The molecule has 0 atom stereocenters. The highest BCUT2D eigenvalue weighted by Crippen LogP contribution is 2.20. The lowest BCUT2D eigenvalue weighted by atomic mass is 9.94. The van der Waals surface area contributed by atoms with Crippen LogP contribution < -0.4 is 0 Å². The third-order valence-corrected chi connectivity index (χ3v) is 2.62. The van der Waals surface area contributed by atoms with E-state index < -0.39 is 0 Å². The highest BCUT2D eigenvalue weighted by atomic mass is 16.5. The van der Waals surface area contributed by atoms with E-state index in [0.717, 1.165) is 25.7 Å². The summed E-state index contributed by atoms with van der Waals surface area (Å²) in [6.45, 7) is 0.205. The molecule has 0 aromatic heterocycles. The summed E-state index contributed by atoms with van der Waals surface area (Å²) in [6, 6.07) is 0.424. The second kappa shape index (κ2) is 5.22. The zero-order valence-electron chi connectivity index (χ0n) is 8.45. The minimum Gasteiger partial charge on any atom is -0.375 e. The number of methoxy groups -OCH3 is 1. The van der Waals surface area contributed by atoms with Crippen molar-refractivity contribution in [3.8, 4) is 0 Å². The maximum atomic E-state index is 11.4. The van der Waals surface area contributed by atoms with Crippen molar-refractivity contribution in [1.82, 2.24) is 4.90 Å². The number of hydrogen-bond donors (Lipinski definition) is 0. The second-order valence-corrected chi connectivity index (χ2v) is 3.53. The first-order valence-corrected chi connectivity index (χ1v) is 4.82. The number of amides is 1. The van der Waals surface area contributed by atoms with Crippen molar-refractivity contribution in [1.29, 1.82) is 0 Å². The van der Waals surface area contributed by atoms with Crippen LogP contribution in [0, 0.1) is 6.42 Å². The summed E-state index contributed by atoms with van der Waals surface area (Å²) < 4.78 is 4.82. The Kier molecular flexibility index (Phi) is 4.22. The Labute approximate surface area is 80.1 Å². The SMILES string of the molecule is COCC(=O)N(C)C1CC[CH]CC1. The second-order valence-electron chi connectivity index (χ2n) is 3.53. The molecular weight excluding hydrogens is 166 g/mol. The van der Waals surface area contributed by atoms with Gasteiger partial charge in [0.1, 0.15) is 6.61 Å². The fourth-order valence-corrected chi connectivity index (χ4v) is 1.73. The van der Waals surface area contributed by atoms with Crippen LogP contribution in [0.1, 0.15) is 25.7 Å². The minimum absolute atomic E-state index is 0.0920. The van der Waals surface area contributed by atoms with Crippen LogP contribution in [-0.2, 0) is 9.53 Å². The Bertz CT molecular complexity index is 164. The molecule has 0 heterocycles. The van der Waals surface area contributed by atoms with Crippen LogP contribution >= 0.6 is 0 Å². The van der Waals surface area contributed by atoms with E-state index in [0.29, 0.717) is 6.04 Å². The molecule has 0 aromatic rings. The van der Waals surface area contributed by atoms with Crippen molar-refractivity contribution >= 4 is 5.91 Å². The largest absolute Gasteiger partial charge is 0.375 e. The van der Waals surface area contributed by atoms with Crippen LogP contribution in [0.4, 0.5) is 0 Å². The van der Waals surface area contributed by atoms with Crippen molar-refractivity contribution in [3.05, 3.63) is 6.42 Å². The lowest BCUT2D eigenvalue weighted by Crippen LogP contribution is -2.40. The molecule has 3 nitrogen and oxygen atoms in total. The molecule has 3 heteroatoms. The molecule has 0 saturated heterocycles. The number of hydrogen-bond acceptors (Lipinski definition) is 2. The molecule has 0 unspecified atom stereocenters. The zero-order valence-corrected chi connectivity index (χ0v) is 8.45. The third kappa shape index (κ3) is 2.99. The first-order chi connectivity index (χ1) is 6.25. The lowest BCUT2D eigenvalue weighted by Gasteiger charge is -2.30. The molecule has 1 aliphatic rings. The topological polar surface area (TPSA) is 29.5 Å².